The van der Waals surface area contributed by atoms with Crippen molar-refractivity contribution in [1.82, 2.24) is 20.6 Å². The molecule has 0 unspecified atom stereocenters. The highest BCUT2D eigenvalue weighted by molar-refractivity contribution is 6.03. The second-order valence-electron chi connectivity index (χ2n) is 15.8. The maximum Gasteiger partial charge on any atom is 0.328 e. The lowest BCUT2D eigenvalue weighted by atomic mass is 10.2. The van der Waals surface area contributed by atoms with Gasteiger partial charge in [0.15, 0.2) is 35.1 Å². The molecule has 0 aromatic carbocycles. The normalized spacial score (nSPS) is 12.2. The second kappa shape index (κ2) is 53.5. The van der Waals surface area contributed by atoms with E-state index in [1.54, 1.807) is 14.2 Å². The first-order valence-electron chi connectivity index (χ1n) is 25.9. The van der Waals surface area contributed by atoms with Crippen molar-refractivity contribution in [3.63, 3.8) is 0 Å². The number of aliphatic hydroxyl groups excluding tert-OH is 2. The summed E-state index contributed by atoms with van der Waals surface area (Å²) in [5.74, 6) is -5.68. The monoisotopic (exact) mass is 1130 g/mol. The van der Waals surface area contributed by atoms with E-state index in [-0.39, 0.29) is 64.4 Å². The third-order valence-corrected chi connectivity index (χ3v) is 9.74. The van der Waals surface area contributed by atoms with E-state index in [2.05, 4.69) is 31.2 Å². The Balaban J connectivity index is 2.48. The van der Waals surface area contributed by atoms with Gasteiger partial charge in [-0.2, -0.15) is 0 Å². The molecule has 0 radical (unpaired) electrons. The lowest BCUT2D eigenvalue weighted by Crippen LogP contribution is -2.45. The molecule has 0 saturated heterocycles. The number of anilines is 2. The van der Waals surface area contributed by atoms with Crippen LogP contribution < -0.4 is 21.3 Å². The van der Waals surface area contributed by atoms with Gasteiger partial charge < -0.3 is 117 Å². The fourth-order valence-corrected chi connectivity index (χ4v) is 5.71. The summed E-state index contributed by atoms with van der Waals surface area (Å²) in [6, 6.07) is -3.41. The van der Waals surface area contributed by atoms with Crippen molar-refractivity contribution in [2.24, 2.45) is 0 Å². The molecule has 0 aliphatic rings. The Morgan fingerprint density at radius 2 is 0.564 bits per heavy atom. The summed E-state index contributed by atoms with van der Waals surface area (Å²) in [7, 11) is 3.23. The molecule has 30 nitrogen and oxygen atoms in total. The minimum atomic E-state index is -1.70. The highest BCUT2D eigenvalue weighted by Gasteiger charge is 2.28. The zero-order valence-corrected chi connectivity index (χ0v) is 45.5. The third kappa shape index (κ3) is 40.9. The summed E-state index contributed by atoms with van der Waals surface area (Å²) in [5.41, 5.74) is -0.888. The molecule has 1 aromatic rings. The van der Waals surface area contributed by atoms with E-state index in [4.69, 9.17) is 75.8 Å². The number of rotatable bonds is 60. The molecule has 1 heterocycles. The van der Waals surface area contributed by atoms with E-state index < -0.39 is 60.4 Å². The van der Waals surface area contributed by atoms with Crippen molar-refractivity contribution in [1.29, 1.82) is 0 Å². The number of hydrogen-bond acceptors (Lipinski definition) is 26. The quantitative estimate of drug-likeness (QED) is 0.0326. The zero-order valence-electron chi connectivity index (χ0n) is 45.5. The molecule has 30 heteroatoms. The van der Waals surface area contributed by atoms with Gasteiger partial charge in [0.05, 0.1) is 198 Å². The van der Waals surface area contributed by atoms with E-state index in [1.165, 1.54) is 0 Å². The lowest BCUT2D eigenvalue weighted by Gasteiger charge is -2.18. The summed E-state index contributed by atoms with van der Waals surface area (Å²) in [6.45, 7) is 10.6. The summed E-state index contributed by atoms with van der Waals surface area (Å²) >= 11 is 0. The topological polar surface area (TPSA) is 371 Å². The van der Waals surface area contributed by atoms with Crippen LogP contribution in [0.3, 0.4) is 0 Å². The molecule has 0 aliphatic heterocycles. The van der Waals surface area contributed by atoms with Crippen molar-refractivity contribution >= 4 is 35.4 Å². The molecular weight excluding hydrogens is 1040 g/mol. The summed E-state index contributed by atoms with van der Waals surface area (Å²) < 4.78 is 86.4. The molecule has 0 aliphatic carbocycles. The second-order valence-corrected chi connectivity index (χ2v) is 15.8. The van der Waals surface area contributed by atoms with Crippen LogP contribution in [-0.2, 0) is 85.4 Å². The number of methoxy groups -OCH3 is 2. The van der Waals surface area contributed by atoms with E-state index >= 15 is 0 Å². The molecule has 1 rings (SSSR count). The SMILES string of the molecule is COCCOCCOCCOCCOCCOCCOCCOCCCNc1nc(C(=O)N[C@H](CO)C(=O)O)c(NCCCOCCOCCOCCOCCOCCOCCOCCOC)nc1C(=O)N[C@H](CO)C(=O)O. The number of carboxylic acid groups (broad SMARTS) is 2. The number of amides is 2. The first-order chi connectivity index (χ1) is 38.2. The number of aliphatic carboxylic acids is 2. The number of nitrogens with one attached hydrogen (secondary N) is 4. The number of carbonyl (C=O) groups is 4. The molecule has 8 N–H and O–H groups in total. The average Bonchev–Trinajstić information content (AvgIpc) is 3.44. The Bertz CT molecular complexity index is 1500. The minimum Gasteiger partial charge on any atom is -0.480 e. The number of ether oxygens (including phenoxy) is 16. The van der Waals surface area contributed by atoms with E-state index in [1.807, 2.05) is 0 Å². The smallest absolute Gasteiger partial charge is 0.328 e. The van der Waals surface area contributed by atoms with E-state index in [0.29, 0.717) is 171 Å². The van der Waals surface area contributed by atoms with Crippen molar-refractivity contribution < 1.29 is 115 Å². The predicted octanol–water partition coefficient (Wildman–Crippen LogP) is -2.04. The molecule has 0 saturated carbocycles. The number of carboxylic acids is 2. The number of hydrogen-bond donors (Lipinski definition) is 8. The molecule has 454 valence electrons. The Morgan fingerprint density at radius 3 is 0.756 bits per heavy atom. The summed E-state index contributed by atoms with van der Waals surface area (Å²) in [6.07, 6.45) is 0.712. The molecule has 2 atom stereocenters. The van der Waals surface area contributed by atoms with Crippen LogP contribution in [0, 0.1) is 0 Å². The molecule has 0 bridgehead atoms. The van der Waals surface area contributed by atoms with Gasteiger partial charge in [-0.25, -0.2) is 19.6 Å². The molecule has 0 fully saturated rings. The number of carbonyl (C=O) groups excluding carboxylic acids is 2. The maximum absolute atomic E-state index is 13.4. The van der Waals surface area contributed by atoms with Crippen molar-refractivity contribution in [3.8, 4) is 0 Å². The molecular formula is C48H88N6O24. The first-order valence-corrected chi connectivity index (χ1v) is 25.9. The van der Waals surface area contributed by atoms with Gasteiger partial charge in [0.2, 0.25) is 0 Å². The van der Waals surface area contributed by atoms with Crippen LogP contribution in [0.15, 0.2) is 0 Å². The van der Waals surface area contributed by atoms with Crippen LogP contribution in [0.2, 0.25) is 0 Å². The van der Waals surface area contributed by atoms with Gasteiger partial charge in [-0.15, -0.1) is 0 Å². The highest BCUT2D eigenvalue weighted by Crippen LogP contribution is 2.20. The van der Waals surface area contributed by atoms with Crippen LogP contribution in [-0.4, -0.2) is 305 Å². The zero-order chi connectivity index (χ0) is 56.8. The van der Waals surface area contributed by atoms with Crippen LogP contribution in [0.5, 0.6) is 0 Å². The number of aliphatic hydroxyl groups is 2. The average molecular weight is 1130 g/mol. The molecule has 78 heavy (non-hydrogen) atoms. The predicted molar refractivity (Wildman–Crippen MR) is 275 cm³/mol. The fraction of sp³-hybridized carbons (Fsp3) is 0.833. The Morgan fingerprint density at radius 1 is 0.359 bits per heavy atom. The Kier molecular flexibility index (Phi) is 49.3. The van der Waals surface area contributed by atoms with Gasteiger partial charge in [0.1, 0.15) is 0 Å². The maximum atomic E-state index is 13.4. The van der Waals surface area contributed by atoms with Crippen LogP contribution in [0.1, 0.15) is 33.8 Å². The van der Waals surface area contributed by atoms with Crippen LogP contribution in [0.25, 0.3) is 0 Å². The first kappa shape index (κ1) is 71.9. The minimum absolute atomic E-state index is 0.119. The van der Waals surface area contributed by atoms with Gasteiger partial charge in [0, 0.05) is 40.5 Å². The van der Waals surface area contributed by atoms with Crippen LogP contribution >= 0.6 is 0 Å². The van der Waals surface area contributed by atoms with Gasteiger partial charge in [-0.05, 0) is 12.8 Å². The number of nitrogens with zero attached hydrogens (tertiary/aromatic N) is 2. The van der Waals surface area contributed by atoms with Crippen molar-refractivity contribution in [2.45, 2.75) is 24.9 Å². The molecule has 2 amide bonds. The van der Waals surface area contributed by atoms with Crippen LogP contribution in [0.4, 0.5) is 11.6 Å². The van der Waals surface area contributed by atoms with Gasteiger partial charge >= 0.3 is 11.9 Å². The van der Waals surface area contributed by atoms with Crippen molar-refractivity contribution in [3.05, 3.63) is 11.4 Å². The standard InChI is InChI=1S/C48H88N6O24/c1-63-9-11-67-17-19-71-25-27-75-33-35-77-31-29-73-23-21-69-15-13-65-7-3-5-49-43-41(45(57)51-39(37-55)47(59)60)54-44(42(53-43)46(58)52-40(38-56)48(61)62)50-6-4-8-66-14-16-70-22-24-74-30-32-78-36-34-76-28-26-72-20-18-68-12-10-64-2/h39-40,55-56H,3-38H2,1-2H3,(H,49,53)(H,50,54)(H,51,57)(H,52,58)(H,59,60)(H,61,62)/t39-,40-/m1/s1. The van der Waals surface area contributed by atoms with E-state index in [9.17, 15) is 39.6 Å². The molecule has 0 spiro atoms. The number of aromatic nitrogens is 2. The van der Waals surface area contributed by atoms with Gasteiger partial charge in [-0.1, -0.05) is 0 Å². The Labute approximate surface area is 456 Å². The molecule has 1 aromatic heterocycles. The van der Waals surface area contributed by atoms with Crippen molar-refractivity contribution in [2.75, 3.05) is 249 Å². The highest BCUT2D eigenvalue weighted by atomic mass is 16.6. The summed E-state index contributed by atoms with van der Waals surface area (Å²) in [4.78, 5) is 58.8. The summed E-state index contributed by atoms with van der Waals surface area (Å²) in [5, 5.41) is 48.2. The lowest BCUT2D eigenvalue weighted by molar-refractivity contribution is -0.141. The van der Waals surface area contributed by atoms with Gasteiger partial charge in [0.25, 0.3) is 11.8 Å². The van der Waals surface area contributed by atoms with Gasteiger partial charge in [-0.3, -0.25) is 9.59 Å². The van der Waals surface area contributed by atoms with E-state index in [0.717, 1.165) is 0 Å². The largest absolute Gasteiger partial charge is 0.480 e. The Hall–Kier alpha value is -4.16. The third-order valence-electron chi connectivity index (χ3n) is 9.74. The fourth-order valence-electron chi connectivity index (χ4n) is 5.71.